The number of carbonyl (C=O) groups is 3. The summed E-state index contributed by atoms with van der Waals surface area (Å²) in [5.41, 5.74) is 5.35. The smallest absolute Gasteiger partial charge is 0.434 e. The summed E-state index contributed by atoms with van der Waals surface area (Å²) in [6, 6.07) is 12.7. The highest BCUT2D eigenvalue weighted by Crippen LogP contribution is 2.42. The van der Waals surface area contributed by atoms with Crippen molar-refractivity contribution in [1.29, 1.82) is 0 Å². The Hall–Kier alpha value is -4.18. The van der Waals surface area contributed by atoms with Gasteiger partial charge in [-0.2, -0.15) is 0 Å². The maximum atomic E-state index is 12.5. The molecule has 266 valence electrons. The Morgan fingerprint density at radius 1 is 0.408 bits per heavy atom. The van der Waals surface area contributed by atoms with Gasteiger partial charge < -0.3 is 28.4 Å². The highest BCUT2D eigenvalue weighted by Gasteiger charge is 2.35. The van der Waals surface area contributed by atoms with E-state index in [-0.39, 0.29) is 19.8 Å². The van der Waals surface area contributed by atoms with Gasteiger partial charge in [0, 0.05) is 69.8 Å². The van der Waals surface area contributed by atoms with Crippen LogP contribution in [-0.4, -0.2) is 38.3 Å². The lowest BCUT2D eigenvalue weighted by molar-refractivity contribution is 0.102. The highest BCUT2D eigenvalue weighted by molar-refractivity contribution is 7.97. The minimum absolute atomic E-state index is 0.216. The van der Waals surface area contributed by atoms with Gasteiger partial charge >= 0.3 is 18.5 Å². The zero-order valence-corrected chi connectivity index (χ0v) is 31.2. The van der Waals surface area contributed by atoms with Crippen molar-refractivity contribution in [1.82, 2.24) is 0 Å². The van der Waals surface area contributed by atoms with Crippen molar-refractivity contribution in [2.45, 2.75) is 116 Å². The van der Waals surface area contributed by atoms with E-state index in [0.717, 1.165) is 48.1 Å². The van der Waals surface area contributed by atoms with E-state index in [9.17, 15) is 14.4 Å². The third-order valence-electron chi connectivity index (χ3n) is 7.98. The fourth-order valence-corrected chi connectivity index (χ4v) is 7.97. The van der Waals surface area contributed by atoms with E-state index in [1.165, 1.54) is 0 Å². The third-order valence-corrected chi connectivity index (χ3v) is 10.1. The van der Waals surface area contributed by atoms with Gasteiger partial charge in [0.15, 0.2) is 14.7 Å². The van der Waals surface area contributed by atoms with Crippen LogP contribution in [0.2, 0.25) is 0 Å². The Morgan fingerprint density at radius 2 is 0.612 bits per heavy atom. The van der Waals surface area contributed by atoms with Crippen LogP contribution in [0.3, 0.4) is 0 Å². The van der Waals surface area contributed by atoms with Crippen molar-refractivity contribution in [3.05, 3.63) is 69.8 Å². The highest BCUT2D eigenvalue weighted by atomic mass is 32.2. The fraction of sp³-hybridized carbons (Fsp3) is 0.462. The maximum Gasteiger partial charge on any atom is 0.513 e. The molecular formula is C39H51O9S+. The summed E-state index contributed by atoms with van der Waals surface area (Å²) in [4.78, 5) is 40.5. The van der Waals surface area contributed by atoms with Crippen LogP contribution < -0.4 is 14.2 Å². The first-order valence-corrected chi connectivity index (χ1v) is 18.6. The molecule has 0 N–H and O–H groups in total. The monoisotopic (exact) mass is 695 g/mol. The van der Waals surface area contributed by atoms with Crippen molar-refractivity contribution in [3.63, 3.8) is 0 Å². The molecule has 3 aromatic rings. The number of hydrogen-bond acceptors (Lipinski definition) is 9. The van der Waals surface area contributed by atoms with Crippen LogP contribution in [0.25, 0.3) is 0 Å². The molecule has 0 aromatic heterocycles. The van der Waals surface area contributed by atoms with Crippen LogP contribution in [-0.2, 0) is 63.6 Å². The number of aryl methyl sites for hydroxylation is 6. The Labute approximate surface area is 293 Å². The number of hydrogen-bond donors (Lipinski definition) is 0. The van der Waals surface area contributed by atoms with E-state index >= 15 is 0 Å². The van der Waals surface area contributed by atoms with E-state index in [1.54, 1.807) is 20.8 Å². The van der Waals surface area contributed by atoms with E-state index in [2.05, 4.69) is 36.4 Å². The first kappa shape index (κ1) is 39.3. The predicted molar refractivity (Wildman–Crippen MR) is 191 cm³/mol. The normalized spacial score (nSPS) is 10.9. The lowest BCUT2D eigenvalue weighted by Crippen LogP contribution is -2.16. The molecule has 0 aliphatic carbocycles. The van der Waals surface area contributed by atoms with E-state index in [1.807, 2.05) is 41.5 Å². The molecule has 0 heterocycles. The van der Waals surface area contributed by atoms with Crippen LogP contribution >= 0.6 is 0 Å². The Morgan fingerprint density at radius 3 is 0.776 bits per heavy atom. The summed E-state index contributed by atoms with van der Waals surface area (Å²) in [5, 5.41) is 0. The fourth-order valence-electron chi connectivity index (χ4n) is 5.59. The van der Waals surface area contributed by atoms with Gasteiger partial charge in [-0.25, -0.2) is 14.4 Å². The van der Waals surface area contributed by atoms with Crippen LogP contribution in [0.1, 0.15) is 95.7 Å². The molecule has 0 unspecified atom stereocenters. The number of carbonyl (C=O) groups excluding carboxylic acids is 3. The molecule has 0 saturated carbocycles. The molecule has 0 aliphatic rings. The quantitative estimate of drug-likeness (QED) is 0.0665. The Kier molecular flexibility index (Phi) is 15.3. The number of benzene rings is 3. The molecule has 3 rings (SSSR count). The molecule has 0 radical (unpaired) electrons. The number of ether oxygens (including phenoxy) is 6. The lowest BCUT2D eigenvalue weighted by Gasteiger charge is -2.19. The summed E-state index contributed by atoms with van der Waals surface area (Å²) >= 11 is 0. The average molecular weight is 696 g/mol. The Bertz CT molecular complexity index is 1350. The van der Waals surface area contributed by atoms with Gasteiger partial charge in [-0.05, 0) is 59.3 Å². The predicted octanol–water partition coefficient (Wildman–Crippen LogP) is 9.76. The van der Waals surface area contributed by atoms with Gasteiger partial charge in [0.1, 0.15) is 17.2 Å². The van der Waals surface area contributed by atoms with Gasteiger partial charge in [-0.3, -0.25) is 0 Å². The lowest BCUT2D eigenvalue weighted by atomic mass is 10.0. The van der Waals surface area contributed by atoms with Crippen LogP contribution in [0, 0.1) is 0 Å². The zero-order chi connectivity index (χ0) is 36.1. The molecule has 3 aromatic carbocycles. The van der Waals surface area contributed by atoms with Crippen LogP contribution in [0.15, 0.2) is 51.1 Å². The number of rotatable bonds is 15. The van der Waals surface area contributed by atoms with Crippen molar-refractivity contribution >= 4 is 29.4 Å². The molecule has 49 heavy (non-hydrogen) atoms. The largest absolute Gasteiger partial charge is 0.513 e. The first-order valence-electron chi connectivity index (χ1n) is 17.4. The molecule has 9 nitrogen and oxygen atoms in total. The third kappa shape index (κ3) is 9.71. The van der Waals surface area contributed by atoms with Crippen molar-refractivity contribution in [2.24, 2.45) is 0 Å². The average Bonchev–Trinajstić information content (AvgIpc) is 3.09. The molecule has 0 aliphatic heterocycles. The van der Waals surface area contributed by atoms with E-state index in [4.69, 9.17) is 28.4 Å². The molecule has 0 bridgehead atoms. The van der Waals surface area contributed by atoms with Gasteiger partial charge in [0.2, 0.25) is 0 Å². The molecule has 0 saturated heterocycles. The molecular weight excluding hydrogens is 644 g/mol. The van der Waals surface area contributed by atoms with Gasteiger partial charge in [-0.15, -0.1) is 0 Å². The zero-order valence-electron chi connectivity index (χ0n) is 30.4. The standard InChI is InChI=1S/C39H51O9S/c1-10-25-19-31(20-26(11-2)34(25)46-37(40)43-16-7)49(32-21-27(12-3)35(28(13-4)22-32)47-38(41)44-17-8)33-23-29(14-5)36(30(15-6)24-33)48-39(42)45-18-9/h19-24H,10-18H2,1-9H3/q+1. The summed E-state index contributed by atoms with van der Waals surface area (Å²) < 4.78 is 32.6. The second kappa shape index (κ2) is 19.1. The van der Waals surface area contributed by atoms with E-state index < -0.39 is 29.4 Å². The second-order valence-electron chi connectivity index (χ2n) is 11.0. The summed E-state index contributed by atoms with van der Waals surface area (Å²) in [5.74, 6) is 1.58. The molecule has 0 amide bonds. The van der Waals surface area contributed by atoms with Crippen LogP contribution in [0.5, 0.6) is 17.2 Å². The summed E-state index contributed by atoms with van der Waals surface area (Å²) in [6.07, 6.45) is 1.60. The molecule has 0 spiro atoms. The summed E-state index contributed by atoms with van der Waals surface area (Å²) in [6.45, 7) is 18.1. The van der Waals surface area contributed by atoms with Gasteiger partial charge in [-0.1, -0.05) is 41.5 Å². The molecule has 0 fully saturated rings. The second-order valence-corrected chi connectivity index (χ2v) is 13.0. The van der Waals surface area contributed by atoms with E-state index in [0.29, 0.717) is 55.8 Å². The first-order chi connectivity index (χ1) is 23.6. The Balaban J connectivity index is 2.40. The van der Waals surface area contributed by atoms with Gasteiger partial charge in [0.25, 0.3) is 0 Å². The maximum absolute atomic E-state index is 12.5. The minimum Gasteiger partial charge on any atom is -0.434 e. The molecule has 10 heteroatoms. The minimum atomic E-state index is -0.728. The SMILES string of the molecule is CCOC(=O)Oc1c(CC)cc([S+](c2cc(CC)c(OC(=O)OCC)c(CC)c2)c2cc(CC)c(OC(=O)OCC)c(CC)c2)cc1CC. The molecule has 0 atom stereocenters. The topological polar surface area (TPSA) is 107 Å². The van der Waals surface area contributed by atoms with Gasteiger partial charge in [0.05, 0.1) is 30.7 Å². The van der Waals surface area contributed by atoms with Crippen molar-refractivity contribution in [2.75, 3.05) is 19.8 Å². The van der Waals surface area contributed by atoms with Crippen molar-refractivity contribution < 1.29 is 42.8 Å². The van der Waals surface area contributed by atoms with Crippen molar-refractivity contribution in [3.8, 4) is 17.2 Å². The summed E-state index contributed by atoms with van der Waals surface area (Å²) in [7, 11) is -0.674. The van der Waals surface area contributed by atoms with Crippen LogP contribution in [0.4, 0.5) is 14.4 Å².